The molecular weight excluding hydrogens is 252 g/mol. The lowest BCUT2D eigenvalue weighted by atomic mass is 9.85. The van der Waals surface area contributed by atoms with Crippen molar-refractivity contribution in [1.82, 2.24) is 0 Å². The highest BCUT2D eigenvalue weighted by Crippen LogP contribution is 2.45. The summed E-state index contributed by atoms with van der Waals surface area (Å²) in [5, 5.41) is 1.88. The van der Waals surface area contributed by atoms with E-state index >= 15 is 0 Å². The molecule has 20 heavy (non-hydrogen) atoms. The maximum absolute atomic E-state index is 12.4. The largest absolute Gasteiger partial charge is 0.497 e. The Hall–Kier alpha value is -2.03. The number of Topliss-reactive ketones (excluding diaryl/α,β-unsaturated/α-hetero) is 1. The van der Waals surface area contributed by atoms with Gasteiger partial charge < -0.3 is 9.47 Å². The highest BCUT2D eigenvalue weighted by molar-refractivity contribution is 6.14. The van der Waals surface area contributed by atoms with Crippen LogP contribution < -0.4 is 9.47 Å². The van der Waals surface area contributed by atoms with E-state index in [0.29, 0.717) is 6.42 Å². The van der Waals surface area contributed by atoms with Crippen molar-refractivity contribution in [1.29, 1.82) is 0 Å². The second-order valence-corrected chi connectivity index (χ2v) is 5.90. The molecule has 0 N–H and O–H groups in total. The number of ketones is 1. The molecule has 2 aromatic carbocycles. The van der Waals surface area contributed by atoms with Gasteiger partial charge in [0.2, 0.25) is 0 Å². The van der Waals surface area contributed by atoms with Gasteiger partial charge in [-0.3, -0.25) is 4.79 Å². The maximum atomic E-state index is 12.4. The van der Waals surface area contributed by atoms with Gasteiger partial charge in [-0.25, -0.2) is 0 Å². The monoisotopic (exact) mass is 270 g/mol. The van der Waals surface area contributed by atoms with Crippen molar-refractivity contribution in [2.24, 2.45) is 0 Å². The second-order valence-electron chi connectivity index (χ2n) is 5.90. The SMILES string of the molecule is COc1ccc2c3c(cc(OC)c2c1)C(C)(C)CC3=O. The van der Waals surface area contributed by atoms with Crippen LogP contribution in [-0.2, 0) is 5.41 Å². The lowest BCUT2D eigenvalue weighted by Gasteiger charge is -2.19. The third-order valence-electron chi connectivity index (χ3n) is 4.14. The van der Waals surface area contributed by atoms with Crippen LogP contribution >= 0.6 is 0 Å². The van der Waals surface area contributed by atoms with Gasteiger partial charge in [-0.05, 0) is 40.6 Å². The number of methoxy groups -OCH3 is 2. The number of ether oxygens (including phenoxy) is 2. The minimum absolute atomic E-state index is 0.131. The number of carbonyl (C=O) groups excluding carboxylic acids is 1. The van der Waals surface area contributed by atoms with E-state index in [-0.39, 0.29) is 11.2 Å². The Morgan fingerprint density at radius 3 is 2.45 bits per heavy atom. The molecule has 3 heteroatoms. The smallest absolute Gasteiger partial charge is 0.164 e. The van der Waals surface area contributed by atoms with Gasteiger partial charge in [0.25, 0.3) is 0 Å². The molecule has 0 fully saturated rings. The van der Waals surface area contributed by atoms with Crippen LogP contribution in [0, 0.1) is 0 Å². The predicted octanol–water partition coefficient (Wildman–Crippen LogP) is 3.72. The molecular formula is C17H18O3. The first-order chi connectivity index (χ1) is 9.47. The Labute approximate surface area is 118 Å². The normalized spacial score (nSPS) is 16.3. The van der Waals surface area contributed by atoms with Crippen LogP contribution in [0.2, 0.25) is 0 Å². The van der Waals surface area contributed by atoms with E-state index in [1.807, 2.05) is 24.3 Å². The van der Waals surface area contributed by atoms with Crippen LogP contribution in [0.15, 0.2) is 24.3 Å². The van der Waals surface area contributed by atoms with E-state index in [4.69, 9.17) is 9.47 Å². The topological polar surface area (TPSA) is 35.5 Å². The fourth-order valence-electron chi connectivity index (χ4n) is 3.09. The summed E-state index contributed by atoms with van der Waals surface area (Å²) in [5.41, 5.74) is 1.79. The summed E-state index contributed by atoms with van der Waals surface area (Å²) < 4.78 is 10.8. The average molecular weight is 270 g/mol. The van der Waals surface area contributed by atoms with Crippen molar-refractivity contribution in [3.63, 3.8) is 0 Å². The number of rotatable bonds is 2. The summed E-state index contributed by atoms with van der Waals surface area (Å²) in [7, 11) is 3.29. The highest BCUT2D eigenvalue weighted by atomic mass is 16.5. The molecule has 3 rings (SSSR count). The molecule has 1 aliphatic carbocycles. The molecule has 0 saturated carbocycles. The maximum Gasteiger partial charge on any atom is 0.164 e. The molecule has 104 valence electrons. The number of fused-ring (bicyclic) bond motifs is 3. The van der Waals surface area contributed by atoms with E-state index in [2.05, 4.69) is 13.8 Å². The van der Waals surface area contributed by atoms with E-state index in [1.54, 1.807) is 14.2 Å². The van der Waals surface area contributed by atoms with Gasteiger partial charge in [0.05, 0.1) is 14.2 Å². The van der Waals surface area contributed by atoms with Crippen molar-refractivity contribution in [2.45, 2.75) is 25.7 Å². The fraction of sp³-hybridized carbons (Fsp3) is 0.353. The third kappa shape index (κ3) is 1.69. The molecule has 0 aliphatic heterocycles. The first-order valence-electron chi connectivity index (χ1n) is 6.70. The van der Waals surface area contributed by atoms with Crippen LogP contribution in [0.3, 0.4) is 0 Å². The van der Waals surface area contributed by atoms with Crippen molar-refractivity contribution in [3.8, 4) is 11.5 Å². The van der Waals surface area contributed by atoms with Crippen molar-refractivity contribution in [3.05, 3.63) is 35.4 Å². The van der Waals surface area contributed by atoms with E-state index in [9.17, 15) is 4.79 Å². The minimum Gasteiger partial charge on any atom is -0.497 e. The summed E-state index contributed by atoms with van der Waals surface area (Å²) in [5.74, 6) is 1.77. The molecule has 0 amide bonds. The van der Waals surface area contributed by atoms with Crippen molar-refractivity contribution in [2.75, 3.05) is 14.2 Å². The van der Waals surface area contributed by atoms with Crippen molar-refractivity contribution >= 4 is 16.6 Å². The zero-order valence-electron chi connectivity index (χ0n) is 12.2. The van der Waals surface area contributed by atoms with Gasteiger partial charge in [-0.2, -0.15) is 0 Å². The average Bonchev–Trinajstić information content (AvgIpc) is 2.66. The summed E-state index contributed by atoms with van der Waals surface area (Å²) in [6.07, 6.45) is 0.552. The second kappa shape index (κ2) is 4.23. The number of carbonyl (C=O) groups is 1. The number of hydrogen-bond donors (Lipinski definition) is 0. The fourth-order valence-corrected chi connectivity index (χ4v) is 3.09. The molecule has 0 unspecified atom stereocenters. The molecule has 0 radical (unpaired) electrons. The Balaban J connectivity index is 2.42. The van der Waals surface area contributed by atoms with Gasteiger partial charge in [-0.1, -0.05) is 13.8 Å². The quantitative estimate of drug-likeness (QED) is 0.834. The van der Waals surface area contributed by atoms with Crippen LogP contribution in [0.1, 0.15) is 36.2 Å². The molecule has 3 nitrogen and oxygen atoms in total. The predicted molar refractivity (Wildman–Crippen MR) is 79.0 cm³/mol. The third-order valence-corrected chi connectivity index (χ3v) is 4.14. The van der Waals surface area contributed by atoms with Gasteiger partial charge in [0.15, 0.2) is 5.78 Å². The Kier molecular flexibility index (Phi) is 2.75. The van der Waals surface area contributed by atoms with Gasteiger partial charge in [0, 0.05) is 17.4 Å². The molecule has 0 atom stereocenters. The molecule has 0 heterocycles. The summed E-state index contributed by atoms with van der Waals surface area (Å²) >= 11 is 0. The van der Waals surface area contributed by atoms with E-state index in [1.165, 1.54) is 0 Å². The summed E-state index contributed by atoms with van der Waals surface area (Å²) in [6.45, 7) is 4.21. The highest BCUT2D eigenvalue weighted by Gasteiger charge is 2.37. The summed E-state index contributed by atoms with van der Waals surface area (Å²) in [6, 6.07) is 7.77. The van der Waals surface area contributed by atoms with Gasteiger partial charge >= 0.3 is 0 Å². The van der Waals surface area contributed by atoms with Crippen LogP contribution in [0.4, 0.5) is 0 Å². The van der Waals surface area contributed by atoms with Gasteiger partial charge in [0.1, 0.15) is 11.5 Å². The first kappa shape index (κ1) is 13.0. The summed E-state index contributed by atoms with van der Waals surface area (Å²) in [4.78, 5) is 12.4. The standard InChI is InChI=1S/C17H18O3/c1-17(2)9-14(18)16-11-6-5-10(19-3)7-12(11)15(20-4)8-13(16)17/h5-8H,9H2,1-4H3. The Morgan fingerprint density at radius 1 is 1.05 bits per heavy atom. The Bertz CT molecular complexity index is 714. The lowest BCUT2D eigenvalue weighted by Crippen LogP contribution is -2.12. The molecule has 0 aromatic heterocycles. The Morgan fingerprint density at radius 2 is 1.80 bits per heavy atom. The molecule has 1 aliphatic rings. The lowest BCUT2D eigenvalue weighted by molar-refractivity contribution is 0.0981. The van der Waals surface area contributed by atoms with Crippen molar-refractivity contribution < 1.29 is 14.3 Å². The van der Waals surface area contributed by atoms with E-state index < -0.39 is 0 Å². The number of hydrogen-bond acceptors (Lipinski definition) is 3. The van der Waals surface area contributed by atoms with E-state index in [0.717, 1.165) is 33.4 Å². The van der Waals surface area contributed by atoms with Crippen LogP contribution in [0.25, 0.3) is 10.8 Å². The first-order valence-corrected chi connectivity index (χ1v) is 6.70. The number of benzene rings is 2. The molecule has 2 aromatic rings. The van der Waals surface area contributed by atoms with Crippen LogP contribution in [-0.4, -0.2) is 20.0 Å². The minimum atomic E-state index is -0.131. The molecule has 0 bridgehead atoms. The molecule has 0 saturated heterocycles. The zero-order chi connectivity index (χ0) is 14.5. The molecule has 0 spiro atoms. The zero-order valence-corrected chi connectivity index (χ0v) is 12.2. The van der Waals surface area contributed by atoms with Gasteiger partial charge in [-0.15, -0.1) is 0 Å². The van der Waals surface area contributed by atoms with Crippen LogP contribution in [0.5, 0.6) is 11.5 Å².